The molecule has 13 heteroatoms. The van der Waals surface area contributed by atoms with Crippen molar-refractivity contribution in [3.63, 3.8) is 0 Å². The van der Waals surface area contributed by atoms with Crippen LogP contribution in [0.1, 0.15) is 5.56 Å². The number of fused-ring (bicyclic) bond motifs is 1. The first kappa shape index (κ1) is 22.5. The van der Waals surface area contributed by atoms with E-state index in [1.165, 1.54) is 17.1 Å². The molecule has 0 aliphatic carbocycles. The third-order valence-electron chi connectivity index (χ3n) is 4.25. The van der Waals surface area contributed by atoms with Crippen LogP contribution >= 0.6 is 21.6 Å². The number of halogens is 5. The van der Waals surface area contributed by atoms with Gasteiger partial charge in [-0.25, -0.2) is 10.5 Å². The molecule has 0 bridgehead atoms. The number of nitrogens with one attached hydrogen (secondary N) is 2. The molecule has 0 saturated heterocycles. The Morgan fingerprint density at radius 2 is 1.87 bits per heavy atom. The van der Waals surface area contributed by atoms with Crippen LogP contribution in [0.25, 0.3) is 21.3 Å². The number of rotatable bonds is 6. The number of hydrogen-bond acceptors (Lipinski definition) is 6. The molecule has 0 unspecified atom stereocenters. The molecule has 2 aromatic carbocycles. The predicted molar refractivity (Wildman–Crippen MR) is 109 cm³/mol. The van der Waals surface area contributed by atoms with Gasteiger partial charge < -0.3 is 5.32 Å². The zero-order valence-electron chi connectivity index (χ0n) is 15.3. The summed E-state index contributed by atoms with van der Waals surface area (Å²) < 4.78 is 65.4. The van der Waals surface area contributed by atoms with Crippen molar-refractivity contribution in [1.82, 2.24) is 10.5 Å². The summed E-state index contributed by atoms with van der Waals surface area (Å²) in [5.74, 6) is -0.850. The van der Waals surface area contributed by atoms with E-state index in [0.717, 1.165) is 23.5 Å². The lowest BCUT2D eigenvalue weighted by Crippen LogP contribution is -2.24. The van der Waals surface area contributed by atoms with Crippen molar-refractivity contribution in [1.29, 1.82) is 5.26 Å². The van der Waals surface area contributed by atoms with E-state index in [9.17, 15) is 29.5 Å². The fourth-order valence-corrected chi connectivity index (χ4v) is 4.21. The summed E-state index contributed by atoms with van der Waals surface area (Å²) in [6.45, 7) is 3.31. The summed E-state index contributed by atoms with van der Waals surface area (Å²) in [6.07, 6.45) is 0. The summed E-state index contributed by atoms with van der Waals surface area (Å²) in [4.78, 5) is 13.5. The highest BCUT2D eigenvalue weighted by atomic mass is 32.5. The average molecular weight is 476 g/mol. The van der Waals surface area contributed by atoms with Crippen LogP contribution in [-0.4, -0.2) is 22.6 Å². The van der Waals surface area contributed by atoms with Crippen LogP contribution in [0.3, 0.4) is 0 Å². The zero-order chi connectivity index (χ0) is 23.1. The van der Waals surface area contributed by atoms with Gasteiger partial charge >= 0.3 is 10.2 Å². The number of anilines is 1. The topological polar surface area (TPSA) is 98.0 Å². The molecular weight excluding hydrogens is 463 g/mol. The molecule has 0 atom stereocenters. The summed E-state index contributed by atoms with van der Waals surface area (Å²) in [6, 6.07) is 5.81. The van der Waals surface area contributed by atoms with Crippen LogP contribution in [0.2, 0.25) is 0 Å². The van der Waals surface area contributed by atoms with E-state index >= 15 is 0 Å². The Kier molecular flexibility index (Phi) is 5.01. The van der Waals surface area contributed by atoms with Gasteiger partial charge in [-0.3, -0.25) is 10.0 Å². The van der Waals surface area contributed by atoms with Gasteiger partial charge in [-0.2, -0.15) is 5.26 Å². The maximum atomic E-state index is 13.0. The first-order valence-corrected chi connectivity index (χ1v) is 11.1. The van der Waals surface area contributed by atoms with Gasteiger partial charge in [0.15, 0.2) is 0 Å². The number of carbonyl (C=O) groups excluding carboxylic acids is 1. The second kappa shape index (κ2) is 6.91. The number of nitriles is 1. The van der Waals surface area contributed by atoms with E-state index in [1.807, 2.05) is 6.07 Å². The molecule has 3 rings (SSSR count). The van der Waals surface area contributed by atoms with Crippen molar-refractivity contribution >= 4 is 43.4 Å². The fraction of sp³-hybridized carbons (Fsp3) is 0.0556. The van der Waals surface area contributed by atoms with Gasteiger partial charge in [0.2, 0.25) is 0 Å². The highest BCUT2D eigenvalue weighted by Gasteiger charge is 2.65. The molecule has 3 aromatic rings. The van der Waals surface area contributed by atoms with Gasteiger partial charge in [0, 0.05) is 17.7 Å². The molecule has 0 aliphatic heterocycles. The molecule has 0 fully saturated rings. The molecule has 0 saturated carbocycles. The number of aromatic nitrogens is 1. The van der Waals surface area contributed by atoms with Crippen LogP contribution in [0.5, 0.6) is 0 Å². The summed E-state index contributed by atoms with van der Waals surface area (Å²) in [5.41, 5.74) is 3.94. The third kappa shape index (κ3) is 4.61. The largest absolute Gasteiger partial charge is 0.380 e. The van der Waals surface area contributed by atoms with E-state index in [0.29, 0.717) is 27.9 Å². The van der Waals surface area contributed by atoms with Crippen molar-refractivity contribution < 1.29 is 29.4 Å². The Morgan fingerprint density at radius 1 is 1.23 bits per heavy atom. The maximum Gasteiger partial charge on any atom is 0.310 e. The van der Waals surface area contributed by atoms with Gasteiger partial charge in [-0.15, -0.1) is 11.3 Å². The standard InChI is InChI=1S/C18H13F5N4O2S2/c1-10(18(28)27-29)8-25-15-6-13(16-17(14(15)7-24)30-9-26-16)11-2-4-12(5-3-11)31(19,20,21,22)23/h2-6,9,25,29H,1,8H2,(H,27,28). The Hall–Kier alpha value is -3.21. The van der Waals surface area contributed by atoms with Crippen LogP contribution in [0.15, 0.2) is 52.9 Å². The molecule has 31 heavy (non-hydrogen) atoms. The maximum absolute atomic E-state index is 13.0. The molecule has 164 valence electrons. The van der Waals surface area contributed by atoms with E-state index in [-0.39, 0.29) is 28.9 Å². The van der Waals surface area contributed by atoms with Gasteiger partial charge in [-0.1, -0.05) is 38.1 Å². The van der Waals surface area contributed by atoms with Crippen molar-refractivity contribution in [2.45, 2.75) is 4.90 Å². The molecule has 3 N–H and O–H groups in total. The van der Waals surface area contributed by atoms with Gasteiger partial charge in [-0.05, 0) is 23.8 Å². The lowest BCUT2D eigenvalue weighted by atomic mass is 10.0. The average Bonchev–Trinajstić information content (AvgIpc) is 3.18. The van der Waals surface area contributed by atoms with Crippen LogP contribution in [-0.2, 0) is 4.79 Å². The first-order chi connectivity index (χ1) is 14.2. The molecule has 6 nitrogen and oxygen atoms in total. The van der Waals surface area contributed by atoms with E-state index in [4.69, 9.17) is 5.21 Å². The smallest absolute Gasteiger partial charge is 0.310 e. The fourth-order valence-electron chi connectivity index (χ4n) is 2.75. The molecule has 1 heterocycles. The molecule has 0 aliphatic rings. The second-order valence-electron chi connectivity index (χ2n) is 6.38. The highest BCUT2D eigenvalue weighted by Crippen LogP contribution is 3.02. The number of benzene rings is 2. The van der Waals surface area contributed by atoms with Crippen LogP contribution in [0.4, 0.5) is 25.1 Å². The number of hydrogen-bond donors (Lipinski definition) is 3. The lowest BCUT2D eigenvalue weighted by molar-refractivity contribution is -0.125. The minimum atomic E-state index is -9.81. The van der Waals surface area contributed by atoms with Gasteiger partial charge in [0.25, 0.3) is 5.91 Å². The first-order valence-electron chi connectivity index (χ1n) is 8.26. The summed E-state index contributed by atoms with van der Waals surface area (Å²) in [5, 5.41) is 21.0. The number of amides is 1. The SMILES string of the molecule is C=C(CNc1cc(-c2ccc(S(F)(F)(F)(F)F)cc2)c2ncsc2c1C#N)C(=O)NO. The molecule has 0 spiro atoms. The van der Waals surface area contributed by atoms with E-state index < -0.39 is 21.0 Å². The van der Waals surface area contributed by atoms with Gasteiger partial charge in [0.05, 0.1) is 27.0 Å². The van der Waals surface area contributed by atoms with E-state index in [2.05, 4.69) is 16.9 Å². The Balaban J connectivity index is 2.09. The zero-order valence-corrected chi connectivity index (χ0v) is 17.0. The van der Waals surface area contributed by atoms with Crippen molar-refractivity contribution in [3.8, 4) is 17.2 Å². The Morgan fingerprint density at radius 3 is 2.42 bits per heavy atom. The molecular formula is C18H13F5N4O2S2. The van der Waals surface area contributed by atoms with Crippen LogP contribution < -0.4 is 10.8 Å². The summed E-state index contributed by atoms with van der Waals surface area (Å²) >= 11 is 1.10. The minimum absolute atomic E-state index is 0.0578. The number of nitrogens with zero attached hydrogens (tertiary/aromatic N) is 2. The highest BCUT2D eigenvalue weighted by molar-refractivity contribution is 8.45. The second-order valence-corrected chi connectivity index (χ2v) is 9.64. The Labute approximate surface area is 176 Å². The van der Waals surface area contributed by atoms with Gasteiger partial charge in [0.1, 0.15) is 11.0 Å². The van der Waals surface area contributed by atoms with Crippen molar-refractivity contribution in [3.05, 3.63) is 53.6 Å². The molecule has 1 aromatic heterocycles. The monoisotopic (exact) mass is 476 g/mol. The number of thiazole rings is 1. The predicted octanol–water partition coefficient (Wildman–Crippen LogP) is 5.97. The molecule has 1 amide bonds. The lowest BCUT2D eigenvalue weighted by Gasteiger charge is -2.40. The minimum Gasteiger partial charge on any atom is -0.380 e. The third-order valence-corrected chi connectivity index (χ3v) is 6.25. The molecule has 0 radical (unpaired) electrons. The quantitative estimate of drug-likeness (QED) is 0.176. The number of carbonyl (C=O) groups is 1. The summed E-state index contributed by atoms with van der Waals surface area (Å²) in [7, 11) is -9.81. The Bertz CT molecular complexity index is 1250. The van der Waals surface area contributed by atoms with Crippen LogP contribution in [0, 0.1) is 11.3 Å². The van der Waals surface area contributed by atoms with Crippen molar-refractivity contribution in [2.24, 2.45) is 0 Å². The number of hydroxylamine groups is 1. The van der Waals surface area contributed by atoms with Crippen molar-refractivity contribution in [2.75, 3.05) is 11.9 Å². The van der Waals surface area contributed by atoms with E-state index in [1.54, 1.807) is 0 Å². The normalized spacial score (nSPS) is 13.7.